The summed E-state index contributed by atoms with van der Waals surface area (Å²) in [6.45, 7) is 4.72. The molecule has 18 heavy (non-hydrogen) atoms. The highest BCUT2D eigenvalue weighted by molar-refractivity contribution is 5.26. The van der Waals surface area contributed by atoms with Gasteiger partial charge in [-0.15, -0.1) is 0 Å². The minimum atomic E-state index is -0.188. The number of pyridine rings is 1. The second kappa shape index (κ2) is 5.74. The molecule has 1 atom stereocenters. The molecule has 0 spiro atoms. The molecule has 0 bridgehead atoms. The lowest BCUT2D eigenvalue weighted by molar-refractivity contribution is 0.566. The predicted octanol–water partition coefficient (Wildman–Crippen LogP) is 3.38. The average molecular weight is 244 g/mol. The van der Waals surface area contributed by atoms with E-state index in [0.29, 0.717) is 6.54 Å². The molecule has 1 aromatic carbocycles. The molecule has 0 saturated heterocycles. The topological polar surface area (TPSA) is 24.9 Å². The summed E-state index contributed by atoms with van der Waals surface area (Å²) in [7, 11) is 0. The second-order valence-electron chi connectivity index (χ2n) is 4.46. The van der Waals surface area contributed by atoms with E-state index in [1.165, 1.54) is 6.07 Å². The Hall–Kier alpha value is -1.74. The Kier molecular flexibility index (Phi) is 4.05. The summed E-state index contributed by atoms with van der Waals surface area (Å²) in [6, 6.07) is 9.02. The lowest BCUT2D eigenvalue weighted by Crippen LogP contribution is -2.18. The number of benzene rings is 1. The first-order valence-corrected chi connectivity index (χ1v) is 6.05. The Labute approximate surface area is 107 Å². The Balaban J connectivity index is 2.01. The van der Waals surface area contributed by atoms with Crippen molar-refractivity contribution in [2.45, 2.75) is 26.4 Å². The Morgan fingerprint density at radius 3 is 2.89 bits per heavy atom. The summed E-state index contributed by atoms with van der Waals surface area (Å²) < 4.78 is 13.2. The van der Waals surface area contributed by atoms with Crippen LogP contribution in [0.2, 0.25) is 0 Å². The lowest BCUT2D eigenvalue weighted by Gasteiger charge is -2.15. The molecule has 0 saturated carbocycles. The molecule has 0 aliphatic carbocycles. The van der Waals surface area contributed by atoms with Crippen molar-refractivity contribution in [1.82, 2.24) is 10.3 Å². The van der Waals surface area contributed by atoms with E-state index in [2.05, 4.69) is 17.2 Å². The van der Waals surface area contributed by atoms with Crippen molar-refractivity contribution in [2.75, 3.05) is 0 Å². The zero-order valence-electron chi connectivity index (χ0n) is 10.7. The van der Waals surface area contributed by atoms with Crippen LogP contribution in [0.3, 0.4) is 0 Å². The molecule has 0 fully saturated rings. The number of hydrogen-bond acceptors (Lipinski definition) is 2. The molecule has 2 aromatic rings. The van der Waals surface area contributed by atoms with Crippen LogP contribution < -0.4 is 5.32 Å². The van der Waals surface area contributed by atoms with Crippen LogP contribution in [0.4, 0.5) is 4.39 Å². The summed E-state index contributed by atoms with van der Waals surface area (Å²) in [5.74, 6) is -0.188. The Bertz CT molecular complexity index is 511. The molecular weight excluding hydrogens is 227 g/mol. The van der Waals surface area contributed by atoms with Crippen molar-refractivity contribution in [3.8, 4) is 0 Å². The zero-order chi connectivity index (χ0) is 13.0. The SMILES string of the molecule is Cc1ccc(F)cc1CN[C@@H](C)c1cccnc1. The van der Waals surface area contributed by atoms with Gasteiger partial charge in [-0.2, -0.15) is 0 Å². The second-order valence-corrected chi connectivity index (χ2v) is 4.46. The number of aryl methyl sites for hydroxylation is 1. The number of halogens is 1. The quantitative estimate of drug-likeness (QED) is 0.891. The highest BCUT2D eigenvalue weighted by Gasteiger charge is 2.06. The third kappa shape index (κ3) is 3.14. The van der Waals surface area contributed by atoms with Gasteiger partial charge in [0, 0.05) is 25.0 Å². The fraction of sp³-hybridized carbons (Fsp3) is 0.267. The lowest BCUT2D eigenvalue weighted by atomic mass is 10.1. The van der Waals surface area contributed by atoms with E-state index in [-0.39, 0.29) is 11.9 Å². The maximum absolute atomic E-state index is 13.2. The molecule has 1 N–H and O–H groups in total. The first-order valence-electron chi connectivity index (χ1n) is 6.05. The van der Waals surface area contributed by atoms with Crippen LogP contribution in [0.1, 0.15) is 29.7 Å². The molecule has 1 aromatic heterocycles. The largest absolute Gasteiger partial charge is 0.306 e. The van der Waals surface area contributed by atoms with Crippen LogP contribution >= 0.6 is 0 Å². The third-order valence-corrected chi connectivity index (χ3v) is 3.09. The van der Waals surface area contributed by atoms with Gasteiger partial charge in [-0.05, 0) is 48.7 Å². The van der Waals surface area contributed by atoms with Gasteiger partial charge in [-0.1, -0.05) is 12.1 Å². The van der Waals surface area contributed by atoms with Gasteiger partial charge >= 0.3 is 0 Å². The van der Waals surface area contributed by atoms with E-state index in [0.717, 1.165) is 16.7 Å². The van der Waals surface area contributed by atoms with E-state index in [1.54, 1.807) is 18.3 Å². The van der Waals surface area contributed by atoms with Crippen LogP contribution in [0.15, 0.2) is 42.7 Å². The van der Waals surface area contributed by atoms with E-state index in [1.807, 2.05) is 25.3 Å². The molecule has 0 aliphatic heterocycles. The molecule has 2 nitrogen and oxygen atoms in total. The van der Waals surface area contributed by atoms with Gasteiger partial charge in [0.05, 0.1) is 0 Å². The van der Waals surface area contributed by atoms with Crippen LogP contribution in [0, 0.1) is 12.7 Å². The number of rotatable bonds is 4. The van der Waals surface area contributed by atoms with E-state index < -0.39 is 0 Å². The first-order chi connectivity index (χ1) is 8.66. The maximum atomic E-state index is 13.2. The fourth-order valence-electron chi connectivity index (χ4n) is 1.84. The van der Waals surface area contributed by atoms with Crippen molar-refractivity contribution in [2.24, 2.45) is 0 Å². The third-order valence-electron chi connectivity index (χ3n) is 3.09. The highest BCUT2D eigenvalue weighted by Crippen LogP contribution is 2.14. The van der Waals surface area contributed by atoms with Crippen LogP contribution in [0.25, 0.3) is 0 Å². The maximum Gasteiger partial charge on any atom is 0.123 e. The van der Waals surface area contributed by atoms with Crippen molar-refractivity contribution in [3.63, 3.8) is 0 Å². The van der Waals surface area contributed by atoms with Gasteiger partial charge in [0.15, 0.2) is 0 Å². The summed E-state index contributed by atoms with van der Waals surface area (Å²) >= 11 is 0. The number of aromatic nitrogens is 1. The number of nitrogens with zero attached hydrogens (tertiary/aromatic N) is 1. The van der Waals surface area contributed by atoms with E-state index in [4.69, 9.17) is 0 Å². The summed E-state index contributed by atoms with van der Waals surface area (Å²) in [6.07, 6.45) is 3.60. The first kappa shape index (κ1) is 12.7. The van der Waals surface area contributed by atoms with Gasteiger partial charge in [-0.25, -0.2) is 4.39 Å². The van der Waals surface area contributed by atoms with Gasteiger partial charge in [0.2, 0.25) is 0 Å². The summed E-state index contributed by atoms with van der Waals surface area (Å²) in [4.78, 5) is 4.09. The molecule has 0 radical (unpaired) electrons. The summed E-state index contributed by atoms with van der Waals surface area (Å²) in [5.41, 5.74) is 3.22. The predicted molar refractivity (Wildman–Crippen MR) is 70.6 cm³/mol. The standard InChI is InChI=1S/C15H17FN2/c1-11-5-6-15(16)8-14(11)10-18-12(2)13-4-3-7-17-9-13/h3-9,12,18H,10H2,1-2H3/t12-/m0/s1. The van der Waals surface area contributed by atoms with Gasteiger partial charge < -0.3 is 5.32 Å². The minimum absolute atomic E-state index is 0.188. The Morgan fingerprint density at radius 1 is 1.33 bits per heavy atom. The van der Waals surface area contributed by atoms with Crippen LogP contribution in [-0.2, 0) is 6.54 Å². The smallest absolute Gasteiger partial charge is 0.123 e. The van der Waals surface area contributed by atoms with Gasteiger partial charge in [-0.3, -0.25) is 4.98 Å². The van der Waals surface area contributed by atoms with Crippen LogP contribution in [-0.4, -0.2) is 4.98 Å². The van der Waals surface area contributed by atoms with Gasteiger partial charge in [0.25, 0.3) is 0 Å². The monoisotopic (exact) mass is 244 g/mol. The van der Waals surface area contributed by atoms with Crippen molar-refractivity contribution >= 4 is 0 Å². The molecular formula is C15H17FN2. The van der Waals surface area contributed by atoms with Crippen molar-refractivity contribution in [3.05, 3.63) is 65.2 Å². The van der Waals surface area contributed by atoms with E-state index >= 15 is 0 Å². The average Bonchev–Trinajstić information content (AvgIpc) is 2.40. The van der Waals surface area contributed by atoms with E-state index in [9.17, 15) is 4.39 Å². The van der Waals surface area contributed by atoms with Crippen molar-refractivity contribution in [1.29, 1.82) is 0 Å². The Morgan fingerprint density at radius 2 is 2.17 bits per heavy atom. The van der Waals surface area contributed by atoms with Crippen molar-refractivity contribution < 1.29 is 4.39 Å². The van der Waals surface area contributed by atoms with Crippen LogP contribution in [0.5, 0.6) is 0 Å². The molecule has 1 heterocycles. The number of nitrogens with one attached hydrogen (secondary N) is 1. The molecule has 2 rings (SSSR count). The molecule has 94 valence electrons. The molecule has 0 aliphatic rings. The summed E-state index contributed by atoms with van der Waals surface area (Å²) in [5, 5.41) is 3.38. The zero-order valence-corrected chi connectivity index (χ0v) is 10.7. The normalized spacial score (nSPS) is 12.4. The highest BCUT2D eigenvalue weighted by atomic mass is 19.1. The minimum Gasteiger partial charge on any atom is -0.306 e. The van der Waals surface area contributed by atoms with Gasteiger partial charge in [0.1, 0.15) is 5.82 Å². The number of hydrogen-bond donors (Lipinski definition) is 1. The fourth-order valence-corrected chi connectivity index (χ4v) is 1.84. The molecule has 3 heteroatoms. The molecule has 0 amide bonds. The molecule has 0 unspecified atom stereocenters.